The van der Waals surface area contributed by atoms with Gasteiger partial charge in [0.05, 0.1) is 12.2 Å². The monoisotopic (exact) mass is 352 g/mol. The number of rotatable bonds is 6. The van der Waals surface area contributed by atoms with Crippen LogP contribution in [0.3, 0.4) is 0 Å². The minimum atomic E-state index is -0.613. The van der Waals surface area contributed by atoms with E-state index in [4.69, 9.17) is 4.74 Å². The van der Waals surface area contributed by atoms with E-state index in [1.807, 2.05) is 60.4 Å². The summed E-state index contributed by atoms with van der Waals surface area (Å²) in [6.45, 7) is 9.76. The second-order valence-electron chi connectivity index (χ2n) is 7.35. The molecule has 0 aromatic heterocycles. The predicted molar refractivity (Wildman–Crippen MR) is 106 cm³/mol. The third kappa shape index (κ3) is 3.41. The molecule has 1 amide bonds. The van der Waals surface area contributed by atoms with Crippen molar-refractivity contribution in [2.24, 2.45) is 5.92 Å². The van der Waals surface area contributed by atoms with E-state index >= 15 is 0 Å². The van der Waals surface area contributed by atoms with E-state index in [1.54, 1.807) is 0 Å². The molecule has 1 aliphatic rings. The Labute approximate surface area is 156 Å². The summed E-state index contributed by atoms with van der Waals surface area (Å²) in [5, 5.41) is 3.57. The first-order valence-corrected chi connectivity index (χ1v) is 9.38. The minimum absolute atomic E-state index is 0.0514. The molecular weight excluding hydrogens is 324 g/mol. The summed E-state index contributed by atoms with van der Waals surface area (Å²) in [7, 11) is 0. The molecule has 1 heterocycles. The van der Waals surface area contributed by atoms with Crippen molar-refractivity contribution in [1.82, 2.24) is 4.90 Å². The second kappa shape index (κ2) is 7.40. The van der Waals surface area contributed by atoms with E-state index < -0.39 is 5.66 Å². The average Bonchev–Trinajstić information content (AvgIpc) is 2.62. The number of amides is 1. The SMILES string of the molecule is CCN1C(=O)c2ccccc2NC1(C)c1cccc(OCCC(C)C)c1. The lowest BCUT2D eigenvalue weighted by Crippen LogP contribution is -2.55. The molecule has 2 aromatic carbocycles. The van der Waals surface area contributed by atoms with Crippen molar-refractivity contribution in [2.75, 3.05) is 18.5 Å². The summed E-state index contributed by atoms with van der Waals surface area (Å²) in [5.41, 5.74) is 1.99. The fourth-order valence-electron chi connectivity index (χ4n) is 3.45. The maximum atomic E-state index is 13.0. The molecule has 0 saturated carbocycles. The smallest absolute Gasteiger partial charge is 0.258 e. The summed E-state index contributed by atoms with van der Waals surface area (Å²) >= 11 is 0. The molecular formula is C22H28N2O2. The summed E-state index contributed by atoms with van der Waals surface area (Å²) in [4.78, 5) is 14.9. The van der Waals surface area contributed by atoms with Crippen LogP contribution in [0.5, 0.6) is 5.75 Å². The Morgan fingerprint density at radius 3 is 2.65 bits per heavy atom. The van der Waals surface area contributed by atoms with Crippen molar-refractivity contribution < 1.29 is 9.53 Å². The molecule has 1 N–H and O–H groups in total. The Morgan fingerprint density at radius 1 is 1.15 bits per heavy atom. The molecule has 138 valence electrons. The highest BCUT2D eigenvalue weighted by Crippen LogP contribution is 2.38. The van der Waals surface area contributed by atoms with Gasteiger partial charge in [0.25, 0.3) is 5.91 Å². The maximum absolute atomic E-state index is 13.0. The van der Waals surface area contributed by atoms with Gasteiger partial charge in [-0.05, 0) is 50.5 Å². The minimum Gasteiger partial charge on any atom is -0.494 e. The van der Waals surface area contributed by atoms with Crippen molar-refractivity contribution in [3.63, 3.8) is 0 Å². The number of hydrogen-bond donors (Lipinski definition) is 1. The standard InChI is InChI=1S/C22H28N2O2/c1-5-24-21(25)19-11-6-7-12-20(19)23-22(24,4)17-9-8-10-18(15-17)26-14-13-16(2)3/h6-12,15-16,23H,5,13-14H2,1-4H3. The largest absolute Gasteiger partial charge is 0.494 e. The maximum Gasteiger partial charge on any atom is 0.258 e. The summed E-state index contributed by atoms with van der Waals surface area (Å²) in [6, 6.07) is 15.7. The average molecular weight is 352 g/mol. The highest BCUT2D eigenvalue weighted by atomic mass is 16.5. The molecule has 26 heavy (non-hydrogen) atoms. The number of fused-ring (bicyclic) bond motifs is 1. The Kier molecular flexibility index (Phi) is 5.21. The van der Waals surface area contributed by atoms with Gasteiger partial charge in [-0.1, -0.05) is 38.1 Å². The molecule has 0 fully saturated rings. The topological polar surface area (TPSA) is 41.6 Å². The van der Waals surface area contributed by atoms with E-state index in [-0.39, 0.29) is 5.91 Å². The second-order valence-corrected chi connectivity index (χ2v) is 7.35. The Morgan fingerprint density at radius 2 is 1.92 bits per heavy atom. The number of nitrogens with zero attached hydrogens (tertiary/aromatic N) is 1. The van der Waals surface area contributed by atoms with E-state index in [2.05, 4.69) is 26.1 Å². The first-order valence-electron chi connectivity index (χ1n) is 9.38. The lowest BCUT2D eigenvalue weighted by Gasteiger charge is -2.46. The van der Waals surface area contributed by atoms with Crippen LogP contribution in [-0.4, -0.2) is 24.0 Å². The number of hydrogen-bond acceptors (Lipinski definition) is 3. The van der Waals surface area contributed by atoms with Gasteiger partial charge in [-0.3, -0.25) is 4.79 Å². The van der Waals surface area contributed by atoms with Crippen LogP contribution < -0.4 is 10.1 Å². The summed E-state index contributed by atoms with van der Waals surface area (Å²) in [5.74, 6) is 1.50. The molecule has 4 nitrogen and oxygen atoms in total. The van der Waals surface area contributed by atoms with Crippen LogP contribution in [0, 0.1) is 5.92 Å². The Balaban J connectivity index is 1.93. The van der Waals surface area contributed by atoms with E-state index in [0.29, 0.717) is 19.1 Å². The van der Waals surface area contributed by atoms with Gasteiger partial charge >= 0.3 is 0 Å². The Hall–Kier alpha value is -2.49. The van der Waals surface area contributed by atoms with Gasteiger partial charge in [-0.2, -0.15) is 0 Å². The van der Waals surface area contributed by atoms with E-state index in [9.17, 15) is 4.79 Å². The molecule has 4 heteroatoms. The van der Waals surface area contributed by atoms with Crippen molar-refractivity contribution in [1.29, 1.82) is 0 Å². The molecule has 1 aliphatic heterocycles. The zero-order valence-corrected chi connectivity index (χ0v) is 16.1. The van der Waals surface area contributed by atoms with E-state index in [1.165, 1.54) is 0 Å². The van der Waals surface area contributed by atoms with Crippen molar-refractivity contribution in [2.45, 2.75) is 39.8 Å². The van der Waals surface area contributed by atoms with Gasteiger partial charge in [0.1, 0.15) is 11.4 Å². The van der Waals surface area contributed by atoms with Gasteiger partial charge in [0, 0.05) is 17.8 Å². The van der Waals surface area contributed by atoms with Crippen molar-refractivity contribution >= 4 is 11.6 Å². The third-order valence-corrected chi connectivity index (χ3v) is 5.00. The van der Waals surface area contributed by atoms with Gasteiger partial charge < -0.3 is 15.0 Å². The summed E-state index contributed by atoms with van der Waals surface area (Å²) < 4.78 is 5.93. The van der Waals surface area contributed by atoms with E-state index in [0.717, 1.165) is 29.0 Å². The number of benzene rings is 2. The molecule has 1 unspecified atom stereocenters. The molecule has 0 bridgehead atoms. The van der Waals surface area contributed by atoms with Gasteiger partial charge in [-0.15, -0.1) is 0 Å². The number of anilines is 1. The molecule has 3 rings (SSSR count). The van der Waals surface area contributed by atoms with Crippen LogP contribution in [0.2, 0.25) is 0 Å². The van der Waals surface area contributed by atoms with Crippen LogP contribution in [-0.2, 0) is 5.66 Å². The molecule has 0 radical (unpaired) electrons. The highest BCUT2D eigenvalue weighted by Gasteiger charge is 2.41. The first-order chi connectivity index (χ1) is 12.5. The van der Waals surface area contributed by atoms with Gasteiger partial charge in [0.2, 0.25) is 0 Å². The third-order valence-electron chi connectivity index (χ3n) is 5.00. The van der Waals surface area contributed by atoms with Crippen LogP contribution in [0.1, 0.15) is 50.0 Å². The van der Waals surface area contributed by atoms with Crippen LogP contribution in [0.15, 0.2) is 48.5 Å². The number of carbonyl (C=O) groups excluding carboxylic acids is 1. The normalized spacial score (nSPS) is 19.3. The van der Waals surface area contributed by atoms with Gasteiger partial charge in [-0.25, -0.2) is 0 Å². The zero-order chi connectivity index (χ0) is 18.7. The fourth-order valence-corrected chi connectivity index (χ4v) is 3.45. The highest BCUT2D eigenvalue weighted by molar-refractivity contribution is 6.02. The summed E-state index contributed by atoms with van der Waals surface area (Å²) in [6.07, 6.45) is 1.02. The lowest BCUT2D eigenvalue weighted by molar-refractivity contribution is 0.0552. The molecule has 0 aliphatic carbocycles. The van der Waals surface area contributed by atoms with Crippen LogP contribution >= 0.6 is 0 Å². The fraction of sp³-hybridized carbons (Fsp3) is 0.409. The number of para-hydroxylation sites is 1. The number of ether oxygens (including phenoxy) is 1. The van der Waals surface area contributed by atoms with Crippen molar-refractivity contribution in [3.8, 4) is 5.75 Å². The predicted octanol–water partition coefficient (Wildman–Crippen LogP) is 4.87. The van der Waals surface area contributed by atoms with Crippen LogP contribution in [0.25, 0.3) is 0 Å². The zero-order valence-electron chi connectivity index (χ0n) is 16.1. The Bertz CT molecular complexity index is 787. The number of nitrogens with one attached hydrogen (secondary N) is 1. The van der Waals surface area contributed by atoms with Crippen LogP contribution in [0.4, 0.5) is 5.69 Å². The van der Waals surface area contributed by atoms with Gasteiger partial charge in [0.15, 0.2) is 0 Å². The number of carbonyl (C=O) groups is 1. The van der Waals surface area contributed by atoms with Crippen molar-refractivity contribution in [3.05, 3.63) is 59.7 Å². The molecule has 2 aromatic rings. The quantitative estimate of drug-likeness (QED) is 0.806. The molecule has 0 spiro atoms. The first kappa shape index (κ1) is 18.3. The molecule has 0 saturated heterocycles. The lowest BCUT2D eigenvalue weighted by atomic mass is 9.93. The molecule has 1 atom stereocenters.